The molecule has 3 rings (SSSR count). The Bertz CT molecular complexity index is 954. The van der Waals surface area contributed by atoms with E-state index < -0.39 is 23.7 Å². The van der Waals surface area contributed by atoms with Crippen LogP contribution in [0.5, 0.6) is 0 Å². The number of non-ortho nitro benzene ring substituents is 1. The summed E-state index contributed by atoms with van der Waals surface area (Å²) in [4.78, 5) is 23.1. The van der Waals surface area contributed by atoms with Gasteiger partial charge in [0.15, 0.2) is 0 Å². The second-order valence-corrected chi connectivity index (χ2v) is 7.23. The van der Waals surface area contributed by atoms with E-state index in [1.165, 1.54) is 24.3 Å². The highest BCUT2D eigenvalue weighted by atomic mass is 16.6. The van der Waals surface area contributed by atoms with E-state index in [1.54, 1.807) is 0 Å². The van der Waals surface area contributed by atoms with E-state index in [2.05, 4.69) is 5.32 Å². The number of rotatable bonds is 9. The van der Waals surface area contributed by atoms with Crippen molar-refractivity contribution in [3.8, 4) is 0 Å². The maximum absolute atomic E-state index is 12.8. The van der Waals surface area contributed by atoms with Crippen molar-refractivity contribution in [1.29, 1.82) is 0 Å². The van der Waals surface area contributed by atoms with E-state index in [-0.39, 0.29) is 23.9 Å². The first kappa shape index (κ1) is 22.1. The first-order chi connectivity index (χ1) is 15.0. The van der Waals surface area contributed by atoms with Gasteiger partial charge in [-0.05, 0) is 28.8 Å². The van der Waals surface area contributed by atoms with Gasteiger partial charge >= 0.3 is 0 Å². The van der Waals surface area contributed by atoms with Gasteiger partial charge in [-0.1, -0.05) is 60.7 Å². The molecule has 0 saturated heterocycles. The lowest BCUT2D eigenvalue weighted by Gasteiger charge is -2.24. The van der Waals surface area contributed by atoms with Gasteiger partial charge < -0.3 is 15.5 Å². The van der Waals surface area contributed by atoms with Crippen molar-refractivity contribution in [1.82, 2.24) is 5.32 Å². The number of hydrogen-bond acceptors (Lipinski definition) is 5. The summed E-state index contributed by atoms with van der Waals surface area (Å²) in [5.74, 6) is -0.504. The van der Waals surface area contributed by atoms with Gasteiger partial charge in [-0.25, -0.2) is 0 Å². The lowest BCUT2D eigenvalue weighted by atomic mass is 9.88. The minimum Gasteiger partial charge on any atom is -0.394 e. The molecule has 0 aliphatic heterocycles. The molecule has 2 atom stereocenters. The fourth-order valence-corrected chi connectivity index (χ4v) is 3.50. The van der Waals surface area contributed by atoms with Crippen molar-refractivity contribution in [3.05, 3.63) is 112 Å². The zero-order valence-corrected chi connectivity index (χ0v) is 16.8. The summed E-state index contributed by atoms with van der Waals surface area (Å²) >= 11 is 0. The predicted octanol–water partition coefficient (Wildman–Crippen LogP) is 3.33. The van der Waals surface area contributed by atoms with E-state index in [1.807, 2.05) is 60.7 Å². The number of carbonyl (C=O) groups is 1. The number of aliphatic hydroxyl groups is 2. The number of amides is 1. The SMILES string of the molecule is O=C(CC(c1ccccc1)c1ccccc1)N[C@@H](CO)[C@@H](O)c1ccc([N+](=O)[O-])cc1. The molecular weight excluding hydrogens is 396 g/mol. The van der Waals surface area contributed by atoms with E-state index >= 15 is 0 Å². The molecule has 31 heavy (non-hydrogen) atoms. The number of aliphatic hydroxyl groups excluding tert-OH is 2. The third-order valence-corrected chi connectivity index (χ3v) is 5.16. The Morgan fingerprint density at radius 3 is 1.84 bits per heavy atom. The molecule has 0 unspecified atom stereocenters. The highest BCUT2D eigenvalue weighted by molar-refractivity contribution is 5.78. The Labute approximate surface area is 180 Å². The van der Waals surface area contributed by atoms with Crippen LogP contribution in [-0.4, -0.2) is 33.7 Å². The molecule has 160 valence electrons. The predicted molar refractivity (Wildman–Crippen MR) is 116 cm³/mol. The summed E-state index contributed by atoms with van der Waals surface area (Å²) in [7, 11) is 0. The first-order valence-electron chi connectivity index (χ1n) is 9.92. The van der Waals surface area contributed by atoms with Gasteiger partial charge in [0, 0.05) is 24.5 Å². The summed E-state index contributed by atoms with van der Waals surface area (Å²) < 4.78 is 0. The normalized spacial score (nSPS) is 12.9. The van der Waals surface area contributed by atoms with Crippen molar-refractivity contribution in [2.24, 2.45) is 0 Å². The average Bonchev–Trinajstić information content (AvgIpc) is 2.81. The van der Waals surface area contributed by atoms with E-state index in [9.17, 15) is 25.1 Å². The molecule has 0 heterocycles. The van der Waals surface area contributed by atoms with Crippen molar-refractivity contribution >= 4 is 11.6 Å². The number of nitro benzene ring substituents is 1. The van der Waals surface area contributed by atoms with Crippen molar-refractivity contribution in [2.75, 3.05) is 6.61 Å². The van der Waals surface area contributed by atoms with Gasteiger partial charge in [0.1, 0.15) is 6.10 Å². The molecule has 7 heteroatoms. The van der Waals surface area contributed by atoms with E-state index in [0.29, 0.717) is 5.56 Å². The number of nitrogens with one attached hydrogen (secondary N) is 1. The minimum absolute atomic E-state index is 0.103. The topological polar surface area (TPSA) is 113 Å². The van der Waals surface area contributed by atoms with Gasteiger partial charge in [-0.15, -0.1) is 0 Å². The molecule has 0 spiro atoms. The van der Waals surface area contributed by atoms with Gasteiger partial charge in [0.2, 0.25) is 5.91 Å². The van der Waals surface area contributed by atoms with Crippen LogP contribution in [-0.2, 0) is 4.79 Å². The standard InChI is InChI=1S/C24H24N2O5/c27-16-22(24(29)19-11-13-20(14-12-19)26(30)31)25-23(28)15-21(17-7-3-1-4-8-17)18-9-5-2-6-10-18/h1-14,21-22,24,27,29H,15-16H2,(H,25,28)/t22-,24-/m0/s1. The molecule has 3 N–H and O–H groups in total. The molecule has 1 amide bonds. The molecule has 0 aliphatic rings. The Hall–Kier alpha value is -3.55. The zero-order chi connectivity index (χ0) is 22.2. The molecule has 0 fully saturated rings. The quantitative estimate of drug-likeness (QED) is 0.363. The summed E-state index contributed by atoms with van der Waals surface area (Å²) in [6, 6.07) is 23.7. The molecule has 3 aromatic carbocycles. The number of hydrogen-bond donors (Lipinski definition) is 3. The van der Waals surface area contributed by atoms with Crippen molar-refractivity contribution < 1.29 is 19.9 Å². The summed E-state index contributed by atoms with van der Waals surface area (Å²) in [5, 5.41) is 33.8. The van der Waals surface area contributed by atoms with Crippen LogP contribution in [0.25, 0.3) is 0 Å². The zero-order valence-electron chi connectivity index (χ0n) is 16.8. The van der Waals surface area contributed by atoms with Gasteiger partial charge in [0.25, 0.3) is 5.69 Å². The Morgan fingerprint density at radius 1 is 0.871 bits per heavy atom. The van der Waals surface area contributed by atoms with Crippen LogP contribution in [0.4, 0.5) is 5.69 Å². The number of nitro groups is 1. The van der Waals surface area contributed by atoms with Crippen LogP contribution >= 0.6 is 0 Å². The number of benzene rings is 3. The Balaban J connectivity index is 1.73. The van der Waals surface area contributed by atoms with Crippen molar-refractivity contribution in [2.45, 2.75) is 24.5 Å². The summed E-state index contributed by atoms with van der Waals surface area (Å²) in [6.45, 7) is -0.481. The van der Waals surface area contributed by atoms with Crippen LogP contribution in [0.2, 0.25) is 0 Å². The third-order valence-electron chi connectivity index (χ3n) is 5.16. The highest BCUT2D eigenvalue weighted by Gasteiger charge is 2.25. The minimum atomic E-state index is -1.21. The number of carbonyl (C=O) groups excluding carboxylic acids is 1. The highest BCUT2D eigenvalue weighted by Crippen LogP contribution is 2.28. The molecule has 0 radical (unpaired) electrons. The maximum Gasteiger partial charge on any atom is 0.269 e. The molecule has 0 aliphatic carbocycles. The first-order valence-corrected chi connectivity index (χ1v) is 9.92. The summed E-state index contributed by atoms with van der Waals surface area (Å²) in [5.41, 5.74) is 2.24. The molecule has 0 aromatic heterocycles. The van der Waals surface area contributed by atoms with E-state index in [4.69, 9.17) is 0 Å². The van der Waals surface area contributed by atoms with Crippen LogP contribution in [0.3, 0.4) is 0 Å². The Morgan fingerprint density at radius 2 is 1.39 bits per heavy atom. The van der Waals surface area contributed by atoms with Crippen LogP contribution < -0.4 is 5.32 Å². The molecule has 0 bridgehead atoms. The van der Waals surface area contributed by atoms with Crippen LogP contribution in [0.1, 0.15) is 35.1 Å². The van der Waals surface area contributed by atoms with Crippen molar-refractivity contribution in [3.63, 3.8) is 0 Å². The second-order valence-electron chi connectivity index (χ2n) is 7.23. The van der Waals surface area contributed by atoms with Gasteiger partial charge in [-0.3, -0.25) is 14.9 Å². The fraction of sp³-hybridized carbons (Fsp3) is 0.208. The van der Waals surface area contributed by atoms with Crippen LogP contribution in [0.15, 0.2) is 84.9 Å². The molecular formula is C24H24N2O5. The monoisotopic (exact) mass is 420 g/mol. The average molecular weight is 420 g/mol. The largest absolute Gasteiger partial charge is 0.394 e. The third kappa shape index (κ3) is 5.75. The Kier molecular flexibility index (Phi) is 7.48. The summed E-state index contributed by atoms with van der Waals surface area (Å²) in [6.07, 6.45) is -1.07. The maximum atomic E-state index is 12.8. The lowest BCUT2D eigenvalue weighted by Crippen LogP contribution is -2.42. The van der Waals surface area contributed by atoms with Crippen LogP contribution in [0, 0.1) is 10.1 Å². The van der Waals surface area contributed by atoms with E-state index in [0.717, 1.165) is 11.1 Å². The lowest BCUT2D eigenvalue weighted by molar-refractivity contribution is -0.384. The number of nitrogens with zero attached hydrogens (tertiary/aromatic N) is 1. The van der Waals surface area contributed by atoms with Gasteiger partial charge in [-0.2, -0.15) is 0 Å². The molecule has 0 saturated carbocycles. The second kappa shape index (κ2) is 10.5. The van der Waals surface area contributed by atoms with Gasteiger partial charge in [0.05, 0.1) is 17.6 Å². The smallest absolute Gasteiger partial charge is 0.269 e. The molecule has 7 nitrogen and oxygen atoms in total. The fourth-order valence-electron chi connectivity index (χ4n) is 3.50. The molecule has 3 aromatic rings.